The van der Waals surface area contributed by atoms with E-state index in [9.17, 15) is 24.2 Å². The first-order chi connectivity index (χ1) is 17.2. The summed E-state index contributed by atoms with van der Waals surface area (Å²) in [7, 11) is 1.44. The molecule has 204 valence electrons. The van der Waals surface area contributed by atoms with Gasteiger partial charge in [0.15, 0.2) is 0 Å². The summed E-state index contributed by atoms with van der Waals surface area (Å²) in [5, 5.41) is 21.4. The van der Waals surface area contributed by atoms with Gasteiger partial charge in [0.2, 0.25) is 5.91 Å². The van der Waals surface area contributed by atoms with Crippen molar-refractivity contribution in [3.8, 4) is 0 Å². The molecule has 2 N–H and O–H groups in total. The zero-order chi connectivity index (χ0) is 26.5. The van der Waals surface area contributed by atoms with Crippen molar-refractivity contribution in [1.82, 2.24) is 9.80 Å². The second kappa shape index (κ2) is 15.9. The predicted octanol–water partition coefficient (Wildman–Crippen LogP) is 1.71. The fourth-order valence-electron chi connectivity index (χ4n) is 3.89. The maximum atomic E-state index is 14.5. The number of aliphatic hydroxyl groups is 2. The zero-order valence-electron chi connectivity index (χ0n) is 21.6. The molecule has 1 aromatic carbocycles. The number of carbonyl (C=O) groups is 2. The quantitative estimate of drug-likeness (QED) is 0.573. The fraction of sp³-hybridized carbons (Fsp3) is 0.692. The van der Waals surface area contributed by atoms with Crippen molar-refractivity contribution < 1.29 is 38.4 Å². The SMILES string of the molecule is COCC(=O)N1CCCCOC[C@@H](O)[C@@H](O)[C@H](OCCC(C)C)CN(C(=O)c2ccccc2F)CC1. The molecule has 0 radical (unpaired) electrons. The van der Waals surface area contributed by atoms with Gasteiger partial charge < -0.3 is 34.2 Å². The number of halogens is 1. The number of rotatable bonds is 7. The molecule has 2 rings (SSSR count). The standard InChI is InChI=1S/C26H41FN2O7/c1-19(2)10-15-36-23-16-29(26(33)20-8-4-5-9-21(20)27)13-12-28(24(31)18-34-3)11-6-7-14-35-17-22(30)25(23)32/h4-5,8-9,19,22-23,25,30,32H,6-7,10-18H2,1-3H3/t22-,23-,25-/m1/s1. The van der Waals surface area contributed by atoms with Gasteiger partial charge in [-0.2, -0.15) is 0 Å². The molecule has 1 saturated heterocycles. The van der Waals surface area contributed by atoms with Gasteiger partial charge in [-0.1, -0.05) is 26.0 Å². The molecule has 1 heterocycles. The third-order valence-electron chi connectivity index (χ3n) is 6.11. The van der Waals surface area contributed by atoms with E-state index in [1.807, 2.05) is 13.8 Å². The van der Waals surface area contributed by atoms with Crippen LogP contribution in [0.3, 0.4) is 0 Å². The summed E-state index contributed by atoms with van der Waals surface area (Å²) in [5.41, 5.74) is -0.118. The number of methoxy groups -OCH3 is 1. The third-order valence-corrected chi connectivity index (χ3v) is 6.11. The summed E-state index contributed by atoms with van der Waals surface area (Å²) in [6.07, 6.45) is -1.48. The highest BCUT2D eigenvalue weighted by molar-refractivity contribution is 5.94. The van der Waals surface area contributed by atoms with Crippen molar-refractivity contribution in [3.05, 3.63) is 35.6 Å². The van der Waals surface area contributed by atoms with E-state index in [0.717, 1.165) is 6.42 Å². The molecule has 0 saturated carbocycles. The van der Waals surface area contributed by atoms with Crippen LogP contribution in [-0.4, -0.2) is 110 Å². The highest BCUT2D eigenvalue weighted by Gasteiger charge is 2.32. The van der Waals surface area contributed by atoms with Crippen LogP contribution < -0.4 is 0 Å². The molecule has 10 heteroatoms. The maximum Gasteiger partial charge on any atom is 0.256 e. The normalized spacial score (nSPS) is 22.9. The zero-order valence-corrected chi connectivity index (χ0v) is 21.6. The summed E-state index contributed by atoms with van der Waals surface area (Å²) in [5.74, 6) is -1.12. The molecular formula is C26H41FN2O7. The van der Waals surface area contributed by atoms with Crippen LogP contribution in [0.5, 0.6) is 0 Å². The number of hydrogen-bond acceptors (Lipinski definition) is 7. The Labute approximate surface area is 213 Å². The monoisotopic (exact) mass is 512 g/mol. The van der Waals surface area contributed by atoms with Crippen molar-refractivity contribution in [1.29, 1.82) is 0 Å². The van der Waals surface area contributed by atoms with Crippen molar-refractivity contribution in [2.24, 2.45) is 5.92 Å². The number of aliphatic hydroxyl groups excluding tert-OH is 2. The fourth-order valence-corrected chi connectivity index (χ4v) is 3.89. The van der Waals surface area contributed by atoms with Gasteiger partial charge in [-0.3, -0.25) is 9.59 Å². The van der Waals surface area contributed by atoms with E-state index >= 15 is 0 Å². The Kier molecular flexibility index (Phi) is 13.3. The molecule has 0 spiro atoms. The minimum Gasteiger partial charge on any atom is -0.388 e. The minimum atomic E-state index is -1.33. The molecule has 1 aliphatic rings. The number of nitrogens with zero attached hydrogens (tertiary/aromatic N) is 2. The average molecular weight is 513 g/mol. The van der Waals surface area contributed by atoms with Gasteiger partial charge in [0, 0.05) is 46.5 Å². The van der Waals surface area contributed by atoms with Gasteiger partial charge in [0.1, 0.15) is 30.7 Å². The van der Waals surface area contributed by atoms with E-state index in [1.54, 1.807) is 11.0 Å². The molecule has 2 amide bonds. The van der Waals surface area contributed by atoms with Crippen molar-refractivity contribution in [3.63, 3.8) is 0 Å². The Morgan fingerprint density at radius 3 is 2.56 bits per heavy atom. The Morgan fingerprint density at radius 1 is 1.14 bits per heavy atom. The number of ether oxygens (including phenoxy) is 3. The molecule has 36 heavy (non-hydrogen) atoms. The second-order valence-electron chi connectivity index (χ2n) is 9.48. The highest BCUT2D eigenvalue weighted by Crippen LogP contribution is 2.16. The molecule has 1 aliphatic heterocycles. The van der Waals surface area contributed by atoms with Crippen LogP contribution in [0.4, 0.5) is 4.39 Å². The molecule has 1 fully saturated rings. The number of hydrogen-bond donors (Lipinski definition) is 2. The van der Waals surface area contributed by atoms with Crippen molar-refractivity contribution in [2.75, 3.05) is 59.7 Å². The van der Waals surface area contributed by atoms with E-state index < -0.39 is 30.0 Å². The summed E-state index contributed by atoms with van der Waals surface area (Å²) in [4.78, 5) is 29.0. The average Bonchev–Trinajstić information content (AvgIpc) is 2.84. The molecule has 0 unspecified atom stereocenters. The smallest absolute Gasteiger partial charge is 0.256 e. The third kappa shape index (κ3) is 9.74. The summed E-state index contributed by atoms with van der Waals surface area (Å²) >= 11 is 0. The molecule has 0 aliphatic carbocycles. The first kappa shape index (κ1) is 30.1. The summed E-state index contributed by atoms with van der Waals surface area (Å²) < 4.78 is 31.0. The lowest BCUT2D eigenvalue weighted by molar-refractivity contribution is -0.136. The lowest BCUT2D eigenvalue weighted by Gasteiger charge is -2.34. The van der Waals surface area contributed by atoms with Crippen LogP contribution in [0, 0.1) is 11.7 Å². The van der Waals surface area contributed by atoms with E-state index in [0.29, 0.717) is 38.5 Å². The molecule has 0 bridgehead atoms. The predicted molar refractivity (Wildman–Crippen MR) is 132 cm³/mol. The lowest BCUT2D eigenvalue weighted by atomic mass is 10.1. The number of carbonyl (C=O) groups excluding carboxylic acids is 2. The molecule has 3 atom stereocenters. The van der Waals surface area contributed by atoms with E-state index in [1.165, 1.54) is 30.2 Å². The van der Waals surface area contributed by atoms with E-state index in [2.05, 4.69) is 0 Å². The lowest BCUT2D eigenvalue weighted by Crippen LogP contribution is -2.51. The van der Waals surface area contributed by atoms with Crippen LogP contribution in [-0.2, 0) is 19.0 Å². The Hall–Kier alpha value is -2.11. The maximum absolute atomic E-state index is 14.5. The molecule has 0 aromatic heterocycles. The first-order valence-electron chi connectivity index (χ1n) is 12.6. The molecule has 9 nitrogen and oxygen atoms in total. The largest absolute Gasteiger partial charge is 0.388 e. The summed E-state index contributed by atoms with van der Waals surface area (Å²) in [6, 6.07) is 5.67. The van der Waals surface area contributed by atoms with Crippen LogP contribution in [0.1, 0.15) is 43.5 Å². The van der Waals surface area contributed by atoms with Gasteiger partial charge in [0.25, 0.3) is 5.91 Å². The topological polar surface area (TPSA) is 109 Å². The number of benzene rings is 1. The van der Waals surface area contributed by atoms with Crippen LogP contribution in [0.15, 0.2) is 24.3 Å². The van der Waals surface area contributed by atoms with Crippen LogP contribution >= 0.6 is 0 Å². The molecule has 1 aromatic rings. The summed E-state index contributed by atoms with van der Waals surface area (Å²) in [6.45, 7) is 5.18. The minimum absolute atomic E-state index is 0.0893. The Balaban J connectivity index is 2.34. The van der Waals surface area contributed by atoms with Crippen molar-refractivity contribution in [2.45, 2.75) is 51.4 Å². The first-order valence-corrected chi connectivity index (χ1v) is 12.6. The Morgan fingerprint density at radius 2 is 1.86 bits per heavy atom. The van der Waals surface area contributed by atoms with Gasteiger partial charge >= 0.3 is 0 Å². The van der Waals surface area contributed by atoms with Crippen LogP contribution in [0.2, 0.25) is 0 Å². The molecular weight excluding hydrogens is 471 g/mol. The van der Waals surface area contributed by atoms with Crippen LogP contribution in [0.25, 0.3) is 0 Å². The van der Waals surface area contributed by atoms with Gasteiger partial charge in [0.05, 0.1) is 12.2 Å². The van der Waals surface area contributed by atoms with Crippen molar-refractivity contribution >= 4 is 11.8 Å². The van der Waals surface area contributed by atoms with Gasteiger partial charge in [-0.25, -0.2) is 4.39 Å². The highest BCUT2D eigenvalue weighted by atomic mass is 19.1. The second-order valence-corrected chi connectivity index (χ2v) is 9.48. The van der Waals surface area contributed by atoms with E-state index in [-0.39, 0.29) is 44.3 Å². The van der Waals surface area contributed by atoms with Gasteiger partial charge in [-0.05, 0) is 37.3 Å². The Bertz CT molecular complexity index is 810. The number of amides is 2. The van der Waals surface area contributed by atoms with Gasteiger partial charge in [-0.15, -0.1) is 0 Å². The van der Waals surface area contributed by atoms with E-state index in [4.69, 9.17) is 14.2 Å².